The van der Waals surface area contributed by atoms with E-state index in [4.69, 9.17) is 14.6 Å². The number of hydrogen-bond donors (Lipinski definition) is 2. The number of carbonyl (C=O) groups is 2. The molecule has 1 aromatic carbocycles. The largest absolute Gasteiger partial charge is 0.496 e. The van der Waals surface area contributed by atoms with Crippen LogP contribution in [-0.2, 0) is 19.6 Å². The average molecular weight is 413 g/mol. The number of nitrogens with two attached hydrogens (primary N) is 1. The molecular formula is C19H28N2O6S. The maximum Gasteiger partial charge on any atom is 0.342 e. The van der Waals surface area contributed by atoms with Gasteiger partial charge in [-0.3, -0.25) is 4.79 Å². The second-order valence-electron chi connectivity index (χ2n) is 7.34. The Labute approximate surface area is 165 Å². The molecule has 0 unspecified atom stereocenters. The number of primary sulfonamides is 1. The number of methoxy groups -OCH3 is 1. The minimum Gasteiger partial charge on any atom is -0.496 e. The summed E-state index contributed by atoms with van der Waals surface area (Å²) in [6.07, 6.45) is 2.03. The molecule has 1 aliphatic rings. The van der Waals surface area contributed by atoms with Crippen molar-refractivity contribution in [3.63, 3.8) is 0 Å². The zero-order valence-electron chi connectivity index (χ0n) is 16.6. The average Bonchev–Trinajstić information content (AvgIpc) is 2.63. The zero-order valence-corrected chi connectivity index (χ0v) is 17.4. The van der Waals surface area contributed by atoms with E-state index in [2.05, 4.69) is 19.2 Å². The predicted molar refractivity (Wildman–Crippen MR) is 103 cm³/mol. The highest BCUT2D eigenvalue weighted by atomic mass is 32.2. The lowest BCUT2D eigenvalue weighted by molar-refractivity contribution is -0.130. The van der Waals surface area contributed by atoms with Crippen LogP contribution < -0.4 is 15.2 Å². The normalized spacial score (nSPS) is 23.5. The summed E-state index contributed by atoms with van der Waals surface area (Å²) in [6.45, 7) is 5.74. The Morgan fingerprint density at radius 1 is 1.25 bits per heavy atom. The Kier molecular flexibility index (Phi) is 7.06. The number of esters is 1. The highest BCUT2D eigenvalue weighted by molar-refractivity contribution is 7.89. The van der Waals surface area contributed by atoms with Gasteiger partial charge in [0.2, 0.25) is 10.0 Å². The summed E-state index contributed by atoms with van der Waals surface area (Å²) in [6, 6.07) is 3.66. The predicted octanol–water partition coefficient (Wildman–Crippen LogP) is 1.83. The third-order valence-corrected chi connectivity index (χ3v) is 6.32. The Morgan fingerprint density at radius 3 is 2.54 bits per heavy atom. The molecule has 1 fully saturated rings. The summed E-state index contributed by atoms with van der Waals surface area (Å²) in [5, 5.41) is 8.07. The van der Waals surface area contributed by atoms with Crippen LogP contribution in [0.1, 0.15) is 50.4 Å². The summed E-state index contributed by atoms with van der Waals surface area (Å²) in [7, 11) is -2.66. The molecule has 0 radical (unpaired) electrons. The van der Waals surface area contributed by atoms with Gasteiger partial charge in [-0.05, 0) is 43.4 Å². The first kappa shape index (κ1) is 22.2. The van der Waals surface area contributed by atoms with Crippen molar-refractivity contribution >= 4 is 21.9 Å². The van der Waals surface area contributed by atoms with Crippen molar-refractivity contribution in [1.82, 2.24) is 5.32 Å². The Morgan fingerprint density at radius 2 is 1.93 bits per heavy atom. The Hall–Kier alpha value is -2.13. The van der Waals surface area contributed by atoms with E-state index in [-0.39, 0.29) is 28.2 Å². The van der Waals surface area contributed by atoms with Crippen molar-refractivity contribution < 1.29 is 27.5 Å². The Balaban J connectivity index is 2.10. The number of sulfonamides is 1. The van der Waals surface area contributed by atoms with E-state index in [0.717, 1.165) is 25.3 Å². The maximum atomic E-state index is 12.5. The summed E-state index contributed by atoms with van der Waals surface area (Å²) < 4.78 is 33.4. The number of ether oxygens (including phenoxy) is 2. The van der Waals surface area contributed by atoms with Crippen LogP contribution >= 0.6 is 0 Å². The van der Waals surface area contributed by atoms with E-state index in [0.29, 0.717) is 11.8 Å². The molecule has 9 heteroatoms. The molecule has 1 aromatic rings. The van der Waals surface area contributed by atoms with Crippen LogP contribution in [0, 0.1) is 11.8 Å². The van der Waals surface area contributed by atoms with Gasteiger partial charge in [-0.25, -0.2) is 18.4 Å². The number of nitrogens with one attached hydrogen (secondary N) is 1. The van der Waals surface area contributed by atoms with Crippen LogP contribution in [0.4, 0.5) is 0 Å². The van der Waals surface area contributed by atoms with Crippen molar-refractivity contribution in [3.8, 4) is 5.75 Å². The van der Waals surface area contributed by atoms with Gasteiger partial charge in [0.1, 0.15) is 11.3 Å². The minimum absolute atomic E-state index is 0.0395. The fraction of sp³-hybridized carbons (Fsp3) is 0.579. The molecule has 0 saturated heterocycles. The molecule has 0 heterocycles. The monoisotopic (exact) mass is 412 g/mol. The Bertz CT molecular complexity index is 839. The van der Waals surface area contributed by atoms with Crippen molar-refractivity contribution in [2.45, 2.75) is 57.1 Å². The third-order valence-electron chi connectivity index (χ3n) is 5.41. The van der Waals surface area contributed by atoms with E-state index in [1.165, 1.54) is 26.2 Å². The summed E-state index contributed by atoms with van der Waals surface area (Å²) in [5.41, 5.74) is -0.117. The number of rotatable bonds is 6. The first-order valence-electron chi connectivity index (χ1n) is 9.26. The molecule has 28 heavy (non-hydrogen) atoms. The number of hydrogen-bond acceptors (Lipinski definition) is 6. The second-order valence-corrected chi connectivity index (χ2v) is 8.90. The molecule has 0 spiro atoms. The second kappa shape index (κ2) is 8.91. The number of carbonyl (C=O) groups excluding carboxylic acids is 2. The topological polar surface area (TPSA) is 125 Å². The van der Waals surface area contributed by atoms with Gasteiger partial charge < -0.3 is 14.8 Å². The fourth-order valence-corrected chi connectivity index (χ4v) is 3.93. The van der Waals surface area contributed by atoms with E-state index < -0.39 is 22.1 Å². The van der Waals surface area contributed by atoms with Crippen molar-refractivity contribution in [3.05, 3.63) is 23.8 Å². The molecule has 0 aliphatic heterocycles. The fourth-order valence-electron chi connectivity index (χ4n) is 3.39. The first-order chi connectivity index (χ1) is 13.0. The van der Waals surface area contributed by atoms with Crippen molar-refractivity contribution in [1.29, 1.82) is 0 Å². The van der Waals surface area contributed by atoms with E-state index in [1.54, 1.807) is 0 Å². The molecular weight excluding hydrogens is 384 g/mol. The molecule has 1 aliphatic carbocycles. The van der Waals surface area contributed by atoms with Gasteiger partial charge in [-0.1, -0.05) is 26.7 Å². The number of benzene rings is 1. The van der Waals surface area contributed by atoms with Crippen molar-refractivity contribution in [2.24, 2.45) is 17.0 Å². The van der Waals surface area contributed by atoms with E-state index in [1.807, 2.05) is 0 Å². The quantitative estimate of drug-likeness (QED) is 0.687. The molecule has 8 nitrogen and oxygen atoms in total. The van der Waals surface area contributed by atoms with Gasteiger partial charge in [0.25, 0.3) is 5.91 Å². The standard InChI is InChI=1S/C19H28N2O6S/c1-11-6-5-7-16(12(11)2)21-18(22)13(3)27-19(23)15-10-14(28(20,24)25)8-9-17(15)26-4/h8-13,16H,5-7H2,1-4H3,(H,21,22)(H2,20,24,25)/t11-,12+,13+,16-/m0/s1. The summed E-state index contributed by atoms with van der Waals surface area (Å²) >= 11 is 0. The van der Waals surface area contributed by atoms with Crippen LogP contribution in [0.15, 0.2) is 23.1 Å². The highest BCUT2D eigenvalue weighted by Crippen LogP contribution is 2.29. The lowest BCUT2D eigenvalue weighted by Crippen LogP contribution is -2.47. The maximum absolute atomic E-state index is 12.5. The van der Waals surface area contributed by atoms with Gasteiger partial charge in [0.05, 0.1) is 12.0 Å². The number of amides is 1. The van der Waals surface area contributed by atoms with Crippen LogP contribution in [0.3, 0.4) is 0 Å². The molecule has 0 aromatic heterocycles. The van der Waals surface area contributed by atoms with Gasteiger partial charge in [-0.15, -0.1) is 0 Å². The zero-order chi connectivity index (χ0) is 21.1. The smallest absolute Gasteiger partial charge is 0.342 e. The lowest BCUT2D eigenvalue weighted by atomic mass is 9.78. The molecule has 4 atom stereocenters. The van der Waals surface area contributed by atoms with Gasteiger partial charge in [-0.2, -0.15) is 0 Å². The van der Waals surface area contributed by atoms with Crippen molar-refractivity contribution in [2.75, 3.05) is 7.11 Å². The van der Waals surface area contributed by atoms with Gasteiger partial charge in [0.15, 0.2) is 6.10 Å². The van der Waals surface area contributed by atoms with E-state index in [9.17, 15) is 18.0 Å². The van der Waals surface area contributed by atoms with Gasteiger partial charge >= 0.3 is 5.97 Å². The SMILES string of the molecule is COc1ccc(S(N)(=O)=O)cc1C(=O)O[C@H](C)C(=O)N[C@H]1CCC[C@H](C)[C@H]1C. The molecule has 3 N–H and O–H groups in total. The van der Waals surface area contributed by atoms with Crippen LogP contribution in [0.25, 0.3) is 0 Å². The molecule has 1 saturated carbocycles. The van der Waals surface area contributed by atoms with Gasteiger partial charge in [0, 0.05) is 6.04 Å². The van der Waals surface area contributed by atoms with Crippen LogP contribution in [0.2, 0.25) is 0 Å². The lowest BCUT2D eigenvalue weighted by Gasteiger charge is -2.35. The molecule has 1 amide bonds. The molecule has 156 valence electrons. The molecule has 0 bridgehead atoms. The highest BCUT2D eigenvalue weighted by Gasteiger charge is 2.30. The first-order valence-corrected chi connectivity index (χ1v) is 10.8. The van der Waals surface area contributed by atoms with Crippen LogP contribution in [-0.4, -0.2) is 39.5 Å². The molecule has 2 rings (SSSR count). The van der Waals surface area contributed by atoms with Crippen LogP contribution in [0.5, 0.6) is 5.75 Å². The minimum atomic E-state index is -4.00. The van der Waals surface area contributed by atoms with E-state index >= 15 is 0 Å². The summed E-state index contributed by atoms with van der Waals surface area (Å²) in [4.78, 5) is 24.7. The third kappa shape index (κ3) is 5.23. The summed E-state index contributed by atoms with van der Waals surface area (Å²) in [5.74, 6) is -0.273.